The Balaban J connectivity index is 2.76. The summed E-state index contributed by atoms with van der Waals surface area (Å²) in [5, 5.41) is 3.53. The molecule has 0 amide bonds. The molecule has 0 spiro atoms. The molecule has 2 unspecified atom stereocenters. The Morgan fingerprint density at radius 1 is 1.21 bits per heavy atom. The van der Waals surface area contributed by atoms with Gasteiger partial charge in [0.25, 0.3) is 0 Å². The summed E-state index contributed by atoms with van der Waals surface area (Å²) >= 11 is 0. The SMILES string of the molecule is CCOCC(NC(CC)c1ccccc1F)C(C)C. The van der Waals surface area contributed by atoms with Crippen LogP contribution in [0.3, 0.4) is 0 Å². The van der Waals surface area contributed by atoms with E-state index in [0.717, 1.165) is 12.0 Å². The van der Waals surface area contributed by atoms with Crippen LogP contribution >= 0.6 is 0 Å². The Kier molecular flexibility index (Phi) is 7.03. The van der Waals surface area contributed by atoms with Gasteiger partial charge in [-0.1, -0.05) is 39.0 Å². The van der Waals surface area contributed by atoms with E-state index in [-0.39, 0.29) is 17.9 Å². The van der Waals surface area contributed by atoms with Gasteiger partial charge >= 0.3 is 0 Å². The van der Waals surface area contributed by atoms with Crippen molar-refractivity contribution in [2.45, 2.75) is 46.2 Å². The fourth-order valence-electron chi connectivity index (χ4n) is 2.12. The van der Waals surface area contributed by atoms with E-state index >= 15 is 0 Å². The summed E-state index contributed by atoms with van der Waals surface area (Å²) in [5.74, 6) is 0.313. The van der Waals surface area contributed by atoms with Crippen molar-refractivity contribution in [1.82, 2.24) is 5.32 Å². The number of hydrogen-bond acceptors (Lipinski definition) is 2. The minimum atomic E-state index is -0.138. The Bertz CT molecular complexity index is 368. The first-order valence-corrected chi connectivity index (χ1v) is 7.18. The third-order valence-electron chi connectivity index (χ3n) is 3.41. The van der Waals surface area contributed by atoms with E-state index in [1.807, 2.05) is 19.1 Å². The van der Waals surface area contributed by atoms with E-state index in [4.69, 9.17) is 4.74 Å². The average molecular weight is 267 g/mol. The van der Waals surface area contributed by atoms with Crippen LogP contribution in [0, 0.1) is 11.7 Å². The molecule has 0 aliphatic heterocycles. The van der Waals surface area contributed by atoms with Gasteiger partial charge in [-0.25, -0.2) is 4.39 Å². The average Bonchev–Trinajstić information content (AvgIpc) is 2.40. The maximum Gasteiger partial charge on any atom is 0.127 e. The molecule has 0 bridgehead atoms. The summed E-state index contributed by atoms with van der Waals surface area (Å²) in [6, 6.07) is 7.27. The monoisotopic (exact) mass is 267 g/mol. The number of rotatable bonds is 8. The number of hydrogen-bond donors (Lipinski definition) is 1. The predicted molar refractivity (Wildman–Crippen MR) is 77.7 cm³/mol. The molecule has 1 rings (SSSR count). The second-order valence-corrected chi connectivity index (χ2v) is 5.16. The summed E-state index contributed by atoms with van der Waals surface area (Å²) in [4.78, 5) is 0. The molecule has 0 aromatic heterocycles. The molecular formula is C16H26FNO. The molecule has 2 nitrogen and oxygen atoms in total. The van der Waals surface area contributed by atoms with Gasteiger partial charge in [0.15, 0.2) is 0 Å². The second-order valence-electron chi connectivity index (χ2n) is 5.16. The molecule has 0 saturated carbocycles. The summed E-state index contributed by atoms with van der Waals surface area (Å²) in [6.07, 6.45) is 0.857. The van der Waals surface area contributed by atoms with Gasteiger partial charge < -0.3 is 10.1 Å². The third kappa shape index (κ3) is 4.92. The van der Waals surface area contributed by atoms with E-state index in [1.54, 1.807) is 6.07 Å². The molecule has 1 aromatic carbocycles. The number of halogens is 1. The zero-order valence-electron chi connectivity index (χ0n) is 12.4. The van der Waals surface area contributed by atoms with Crippen molar-refractivity contribution < 1.29 is 9.13 Å². The van der Waals surface area contributed by atoms with Gasteiger partial charge in [-0.05, 0) is 25.3 Å². The largest absolute Gasteiger partial charge is 0.380 e. The highest BCUT2D eigenvalue weighted by Gasteiger charge is 2.20. The molecule has 19 heavy (non-hydrogen) atoms. The molecule has 108 valence electrons. The van der Waals surface area contributed by atoms with Crippen LogP contribution in [0.4, 0.5) is 4.39 Å². The first kappa shape index (κ1) is 16.1. The molecule has 0 aliphatic rings. The van der Waals surface area contributed by atoms with Gasteiger partial charge in [0, 0.05) is 24.3 Å². The van der Waals surface area contributed by atoms with Gasteiger partial charge in [-0.3, -0.25) is 0 Å². The topological polar surface area (TPSA) is 21.3 Å². The Morgan fingerprint density at radius 3 is 2.42 bits per heavy atom. The molecule has 1 aromatic rings. The minimum Gasteiger partial charge on any atom is -0.380 e. The van der Waals surface area contributed by atoms with Crippen molar-refractivity contribution in [3.63, 3.8) is 0 Å². The lowest BCUT2D eigenvalue weighted by Crippen LogP contribution is -2.40. The van der Waals surface area contributed by atoms with Crippen LogP contribution < -0.4 is 5.32 Å². The standard InChI is InChI=1S/C16H26FNO/c1-5-15(13-9-7-8-10-14(13)17)18-16(12(3)4)11-19-6-2/h7-10,12,15-16,18H,5-6,11H2,1-4H3. The van der Waals surface area contributed by atoms with Crippen LogP contribution in [-0.4, -0.2) is 19.3 Å². The number of benzene rings is 1. The lowest BCUT2D eigenvalue weighted by molar-refractivity contribution is 0.103. The zero-order chi connectivity index (χ0) is 14.3. The van der Waals surface area contributed by atoms with Crippen LogP contribution in [-0.2, 0) is 4.74 Å². The lowest BCUT2D eigenvalue weighted by atomic mass is 9.99. The van der Waals surface area contributed by atoms with Gasteiger partial charge in [-0.2, -0.15) is 0 Å². The molecule has 0 radical (unpaired) electrons. The maximum absolute atomic E-state index is 13.9. The summed E-state index contributed by atoms with van der Waals surface area (Å²) in [5.41, 5.74) is 0.743. The fourth-order valence-corrected chi connectivity index (χ4v) is 2.12. The summed E-state index contributed by atoms with van der Waals surface area (Å²) < 4.78 is 19.4. The van der Waals surface area contributed by atoms with Gasteiger partial charge in [-0.15, -0.1) is 0 Å². The first-order chi connectivity index (χ1) is 9.10. The second kappa shape index (κ2) is 8.28. The van der Waals surface area contributed by atoms with Crippen LogP contribution in [0.5, 0.6) is 0 Å². The van der Waals surface area contributed by atoms with Crippen LogP contribution in [0.15, 0.2) is 24.3 Å². The molecule has 0 aliphatic carbocycles. The van der Waals surface area contributed by atoms with Crippen molar-refractivity contribution in [1.29, 1.82) is 0 Å². The Hall–Kier alpha value is -0.930. The summed E-state index contributed by atoms with van der Waals surface area (Å²) in [7, 11) is 0. The van der Waals surface area contributed by atoms with E-state index < -0.39 is 0 Å². The smallest absolute Gasteiger partial charge is 0.127 e. The number of nitrogens with one attached hydrogen (secondary N) is 1. The molecule has 0 fully saturated rings. The van der Waals surface area contributed by atoms with Crippen molar-refractivity contribution >= 4 is 0 Å². The molecule has 0 heterocycles. The Morgan fingerprint density at radius 2 is 1.89 bits per heavy atom. The highest BCUT2D eigenvalue weighted by Crippen LogP contribution is 2.21. The van der Waals surface area contributed by atoms with Crippen molar-refractivity contribution in [2.75, 3.05) is 13.2 Å². The van der Waals surface area contributed by atoms with Crippen LogP contribution in [0.2, 0.25) is 0 Å². The molecule has 0 saturated heterocycles. The number of ether oxygens (including phenoxy) is 1. The van der Waals surface area contributed by atoms with E-state index in [1.165, 1.54) is 6.07 Å². The minimum absolute atomic E-state index is 0.0362. The van der Waals surface area contributed by atoms with Crippen LogP contribution in [0.25, 0.3) is 0 Å². The molecular weight excluding hydrogens is 241 g/mol. The van der Waals surface area contributed by atoms with Gasteiger partial charge in [0.2, 0.25) is 0 Å². The predicted octanol–water partition coefficient (Wildman–Crippen LogP) is 3.93. The maximum atomic E-state index is 13.9. The molecule has 2 atom stereocenters. The quantitative estimate of drug-likeness (QED) is 0.770. The van der Waals surface area contributed by atoms with Crippen LogP contribution in [0.1, 0.15) is 45.7 Å². The lowest BCUT2D eigenvalue weighted by Gasteiger charge is -2.28. The normalized spacial score (nSPS) is 14.6. The summed E-state index contributed by atoms with van der Waals surface area (Å²) in [6.45, 7) is 9.75. The third-order valence-corrected chi connectivity index (χ3v) is 3.41. The highest BCUT2D eigenvalue weighted by atomic mass is 19.1. The van der Waals surface area contributed by atoms with Gasteiger partial charge in [0.05, 0.1) is 6.61 Å². The molecule has 3 heteroatoms. The van der Waals surface area contributed by atoms with E-state index in [2.05, 4.69) is 26.1 Å². The highest BCUT2D eigenvalue weighted by molar-refractivity contribution is 5.21. The van der Waals surface area contributed by atoms with E-state index in [9.17, 15) is 4.39 Å². The molecule has 1 N–H and O–H groups in total. The van der Waals surface area contributed by atoms with Crippen molar-refractivity contribution in [2.24, 2.45) is 5.92 Å². The van der Waals surface area contributed by atoms with Gasteiger partial charge in [0.1, 0.15) is 5.82 Å². The Labute approximate surface area is 116 Å². The zero-order valence-corrected chi connectivity index (χ0v) is 12.4. The van der Waals surface area contributed by atoms with E-state index in [0.29, 0.717) is 19.1 Å². The van der Waals surface area contributed by atoms with Crippen molar-refractivity contribution in [3.05, 3.63) is 35.6 Å². The fraction of sp³-hybridized carbons (Fsp3) is 0.625. The van der Waals surface area contributed by atoms with Crippen molar-refractivity contribution in [3.8, 4) is 0 Å². The first-order valence-electron chi connectivity index (χ1n) is 7.18.